The zero-order valence-corrected chi connectivity index (χ0v) is 14.2. The number of carbonyl (C=O) groups is 2. The van der Waals surface area contributed by atoms with Crippen LogP contribution in [0.5, 0.6) is 0 Å². The van der Waals surface area contributed by atoms with Crippen molar-refractivity contribution in [3.8, 4) is 0 Å². The molecule has 25 heavy (non-hydrogen) atoms. The SMILES string of the molecule is CCOC(=O)[C@@H]1C[C@H]1c1ccc(NC(=O)c2ccccc2)c(CN)c1. The van der Waals surface area contributed by atoms with Gasteiger partial charge in [-0.25, -0.2) is 0 Å². The summed E-state index contributed by atoms with van der Waals surface area (Å²) in [7, 11) is 0. The molecular formula is C20H22N2O3. The van der Waals surface area contributed by atoms with Gasteiger partial charge >= 0.3 is 5.97 Å². The number of esters is 1. The van der Waals surface area contributed by atoms with Crippen molar-refractivity contribution < 1.29 is 14.3 Å². The molecule has 1 aliphatic carbocycles. The predicted octanol–water partition coefficient (Wildman–Crippen LogP) is 3.06. The van der Waals surface area contributed by atoms with Gasteiger partial charge in [0, 0.05) is 17.8 Å². The van der Waals surface area contributed by atoms with Gasteiger partial charge in [0.2, 0.25) is 0 Å². The highest BCUT2D eigenvalue weighted by Gasteiger charge is 2.45. The molecule has 130 valence electrons. The van der Waals surface area contributed by atoms with Crippen LogP contribution in [-0.4, -0.2) is 18.5 Å². The maximum atomic E-state index is 12.3. The van der Waals surface area contributed by atoms with Crippen LogP contribution in [0.25, 0.3) is 0 Å². The average Bonchev–Trinajstić information content (AvgIpc) is 3.44. The lowest BCUT2D eigenvalue weighted by molar-refractivity contribution is -0.144. The molecule has 5 heteroatoms. The second-order valence-corrected chi connectivity index (χ2v) is 6.14. The van der Waals surface area contributed by atoms with Crippen LogP contribution in [0.15, 0.2) is 48.5 Å². The van der Waals surface area contributed by atoms with Crippen molar-refractivity contribution in [2.24, 2.45) is 11.7 Å². The van der Waals surface area contributed by atoms with Crippen molar-refractivity contribution >= 4 is 17.6 Å². The van der Waals surface area contributed by atoms with Gasteiger partial charge in [0.05, 0.1) is 12.5 Å². The molecule has 2 aromatic carbocycles. The second-order valence-electron chi connectivity index (χ2n) is 6.14. The van der Waals surface area contributed by atoms with Gasteiger partial charge in [-0.15, -0.1) is 0 Å². The Morgan fingerprint density at radius 1 is 1.20 bits per heavy atom. The van der Waals surface area contributed by atoms with Gasteiger partial charge in [-0.2, -0.15) is 0 Å². The highest BCUT2D eigenvalue weighted by molar-refractivity contribution is 6.04. The van der Waals surface area contributed by atoms with Crippen molar-refractivity contribution in [1.82, 2.24) is 0 Å². The summed E-state index contributed by atoms with van der Waals surface area (Å²) in [5, 5.41) is 2.91. The van der Waals surface area contributed by atoms with E-state index in [2.05, 4.69) is 5.32 Å². The minimum Gasteiger partial charge on any atom is -0.466 e. The first-order valence-electron chi connectivity index (χ1n) is 8.50. The fourth-order valence-electron chi connectivity index (χ4n) is 2.99. The lowest BCUT2D eigenvalue weighted by Gasteiger charge is -2.12. The highest BCUT2D eigenvalue weighted by Crippen LogP contribution is 2.48. The van der Waals surface area contributed by atoms with E-state index < -0.39 is 0 Å². The number of ether oxygens (including phenoxy) is 1. The Kier molecular flexibility index (Phi) is 5.14. The van der Waals surface area contributed by atoms with Crippen LogP contribution in [0.4, 0.5) is 5.69 Å². The summed E-state index contributed by atoms with van der Waals surface area (Å²) in [5.41, 5.74) is 9.08. The van der Waals surface area contributed by atoms with E-state index in [4.69, 9.17) is 10.5 Å². The maximum Gasteiger partial charge on any atom is 0.309 e. The maximum absolute atomic E-state index is 12.3. The van der Waals surface area contributed by atoms with E-state index in [0.717, 1.165) is 17.5 Å². The summed E-state index contributed by atoms with van der Waals surface area (Å²) < 4.78 is 5.08. The van der Waals surface area contributed by atoms with Crippen LogP contribution in [0.3, 0.4) is 0 Å². The van der Waals surface area contributed by atoms with Crippen molar-refractivity contribution in [1.29, 1.82) is 0 Å². The number of carbonyl (C=O) groups excluding carboxylic acids is 2. The Morgan fingerprint density at radius 2 is 1.96 bits per heavy atom. The summed E-state index contributed by atoms with van der Waals surface area (Å²) in [6.07, 6.45) is 0.804. The fourth-order valence-corrected chi connectivity index (χ4v) is 2.99. The molecule has 0 saturated heterocycles. The number of nitrogens with two attached hydrogens (primary N) is 1. The first kappa shape index (κ1) is 17.2. The van der Waals surface area contributed by atoms with E-state index in [9.17, 15) is 9.59 Å². The summed E-state index contributed by atoms with van der Waals surface area (Å²) in [6, 6.07) is 14.8. The summed E-state index contributed by atoms with van der Waals surface area (Å²) >= 11 is 0. The van der Waals surface area contributed by atoms with Crippen molar-refractivity contribution in [2.45, 2.75) is 25.8 Å². The topological polar surface area (TPSA) is 81.4 Å². The van der Waals surface area contributed by atoms with Gasteiger partial charge in [0.25, 0.3) is 5.91 Å². The Balaban J connectivity index is 1.73. The molecule has 1 amide bonds. The van der Waals surface area contributed by atoms with E-state index in [1.807, 2.05) is 43.3 Å². The van der Waals surface area contributed by atoms with Gasteiger partial charge in [-0.3, -0.25) is 9.59 Å². The number of amides is 1. The molecule has 2 atom stereocenters. The van der Waals surface area contributed by atoms with Gasteiger partial charge < -0.3 is 15.8 Å². The number of rotatable bonds is 6. The van der Waals surface area contributed by atoms with E-state index in [-0.39, 0.29) is 23.7 Å². The third-order valence-electron chi connectivity index (χ3n) is 4.44. The number of benzene rings is 2. The standard InChI is InChI=1S/C20H22N2O3/c1-2-25-20(24)17-11-16(17)14-8-9-18(15(10-14)12-21)22-19(23)13-6-4-3-5-7-13/h3-10,16-17H,2,11-12,21H2,1H3,(H,22,23)/t16-,17+/m0/s1. The Labute approximate surface area is 147 Å². The molecule has 1 aliphatic rings. The molecule has 0 unspecified atom stereocenters. The van der Waals surface area contributed by atoms with Gasteiger partial charge in [-0.1, -0.05) is 30.3 Å². The number of nitrogens with one attached hydrogen (secondary N) is 1. The zero-order chi connectivity index (χ0) is 17.8. The fraction of sp³-hybridized carbons (Fsp3) is 0.300. The summed E-state index contributed by atoms with van der Waals surface area (Å²) in [4.78, 5) is 24.1. The zero-order valence-electron chi connectivity index (χ0n) is 14.2. The van der Waals surface area contributed by atoms with Crippen LogP contribution >= 0.6 is 0 Å². The van der Waals surface area contributed by atoms with Crippen LogP contribution in [0.1, 0.15) is 40.7 Å². The van der Waals surface area contributed by atoms with Crippen molar-refractivity contribution in [3.63, 3.8) is 0 Å². The van der Waals surface area contributed by atoms with Crippen LogP contribution in [0.2, 0.25) is 0 Å². The molecule has 5 nitrogen and oxygen atoms in total. The largest absolute Gasteiger partial charge is 0.466 e. The molecule has 1 fully saturated rings. The van der Waals surface area contributed by atoms with Gasteiger partial charge in [-0.05, 0) is 48.6 Å². The first-order valence-corrected chi connectivity index (χ1v) is 8.50. The van der Waals surface area contributed by atoms with E-state index in [1.54, 1.807) is 12.1 Å². The minimum atomic E-state index is -0.168. The molecule has 2 aromatic rings. The van der Waals surface area contributed by atoms with E-state index in [0.29, 0.717) is 24.4 Å². The Bertz CT molecular complexity index is 774. The van der Waals surface area contributed by atoms with Gasteiger partial charge in [0.1, 0.15) is 0 Å². The Morgan fingerprint density at radius 3 is 2.64 bits per heavy atom. The smallest absolute Gasteiger partial charge is 0.309 e. The molecule has 3 rings (SSSR count). The quantitative estimate of drug-likeness (QED) is 0.793. The van der Waals surface area contributed by atoms with Crippen LogP contribution in [0, 0.1) is 5.92 Å². The normalized spacial score (nSPS) is 18.5. The van der Waals surface area contributed by atoms with E-state index in [1.165, 1.54) is 0 Å². The number of anilines is 1. The molecule has 3 N–H and O–H groups in total. The van der Waals surface area contributed by atoms with Gasteiger partial charge in [0.15, 0.2) is 0 Å². The molecular weight excluding hydrogens is 316 g/mol. The third-order valence-corrected chi connectivity index (χ3v) is 4.44. The molecule has 0 bridgehead atoms. The van der Waals surface area contributed by atoms with E-state index >= 15 is 0 Å². The molecule has 0 aromatic heterocycles. The minimum absolute atomic E-state index is 0.0599. The monoisotopic (exact) mass is 338 g/mol. The summed E-state index contributed by atoms with van der Waals surface area (Å²) in [5.74, 6) is -0.180. The highest BCUT2D eigenvalue weighted by atomic mass is 16.5. The molecule has 0 spiro atoms. The first-order chi connectivity index (χ1) is 12.1. The molecule has 0 heterocycles. The lowest BCUT2D eigenvalue weighted by atomic mass is 10.0. The summed E-state index contributed by atoms with van der Waals surface area (Å²) in [6.45, 7) is 2.53. The Hall–Kier alpha value is -2.66. The van der Waals surface area contributed by atoms with Crippen LogP contribution < -0.4 is 11.1 Å². The number of hydrogen-bond acceptors (Lipinski definition) is 4. The number of hydrogen-bond donors (Lipinski definition) is 2. The van der Waals surface area contributed by atoms with Crippen molar-refractivity contribution in [3.05, 3.63) is 65.2 Å². The second kappa shape index (κ2) is 7.49. The predicted molar refractivity (Wildman–Crippen MR) is 96.2 cm³/mol. The lowest BCUT2D eigenvalue weighted by Crippen LogP contribution is -2.14. The molecule has 0 aliphatic heterocycles. The van der Waals surface area contributed by atoms with Crippen LogP contribution in [-0.2, 0) is 16.1 Å². The van der Waals surface area contributed by atoms with Crippen molar-refractivity contribution in [2.75, 3.05) is 11.9 Å². The third kappa shape index (κ3) is 3.88. The average molecular weight is 338 g/mol. The molecule has 1 saturated carbocycles. The molecule has 0 radical (unpaired) electrons.